The van der Waals surface area contributed by atoms with Crippen LogP contribution in [0.5, 0.6) is 0 Å². The molecule has 1 aliphatic rings. The number of aromatic nitrogens is 2. The van der Waals surface area contributed by atoms with Gasteiger partial charge in [-0.3, -0.25) is 0 Å². The monoisotopic (exact) mass is 283 g/mol. The second-order valence-electron chi connectivity index (χ2n) is 5.23. The Kier molecular flexibility index (Phi) is 4.11. The van der Waals surface area contributed by atoms with E-state index in [9.17, 15) is 4.39 Å². The molecule has 1 saturated carbocycles. The molecule has 3 nitrogen and oxygen atoms in total. The third kappa shape index (κ3) is 2.60. The molecule has 1 aromatic heterocycles. The van der Waals surface area contributed by atoms with E-state index < -0.39 is 0 Å². The second kappa shape index (κ2) is 5.47. The molecule has 0 atom stereocenters. The van der Waals surface area contributed by atoms with Crippen LogP contribution in [0.3, 0.4) is 0 Å². The molecule has 0 amide bonds. The quantitative estimate of drug-likeness (QED) is 0.872. The summed E-state index contributed by atoms with van der Waals surface area (Å²) >= 11 is 0. The summed E-state index contributed by atoms with van der Waals surface area (Å²) in [7, 11) is 0. The first-order valence-electron chi connectivity index (χ1n) is 6.55. The van der Waals surface area contributed by atoms with E-state index in [-0.39, 0.29) is 18.2 Å². The van der Waals surface area contributed by atoms with E-state index >= 15 is 0 Å². The van der Waals surface area contributed by atoms with Gasteiger partial charge in [0.15, 0.2) is 0 Å². The van der Waals surface area contributed by atoms with Crippen molar-refractivity contribution >= 4 is 23.4 Å². The molecule has 1 fully saturated rings. The van der Waals surface area contributed by atoms with Gasteiger partial charge in [-0.25, -0.2) is 9.37 Å². The highest BCUT2D eigenvalue weighted by molar-refractivity contribution is 5.85. The Labute approximate surface area is 118 Å². The molecule has 1 aliphatic carbocycles. The van der Waals surface area contributed by atoms with Crippen molar-refractivity contribution in [2.75, 3.05) is 0 Å². The van der Waals surface area contributed by atoms with Gasteiger partial charge in [-0.1, -0.05) is 0 Å². The van der Waals surface area contributed by atoms with Crippen LogP contribution in [0.25, 0.3) is 11.0 Å². The van der Waals surface area contributed by atoms with Gasteiger partial charge in [-0.05, 0) is 44.7 Å². The fourth-order valence-electron chi connectivity index (χ4n) is 3.01. The first-order valence-corrected chi connectivity index (χ1v) is 6.55. The van der Waals surface area contributed by atoms with Gasteiger partial charge in [0, 0.05) is 18.2 Å². The van der Waals surface area contributed by atoms with Crippen molar-refractivity contribution in [3.05, 3.63) is 29.8 Å². The lowest BCUT2D eigenvalue weighted by Gasteiger charge is -2.28. The van der Waals surface area contributed by atoms with Crippen LogP contribution >= 0.6 is 12.4 Å². The van der Waals surface area contributed by atoms with Crippen LogP contribution in [0.1, 0.15) is 37.5 Å². The Hall–Kier alpha value is -1.13. The minimum absolute atomic E-state index is 0. The average Bonchev–Trinajstić information content (AvgIpc) is 2.65. The summed E-state index contributed by atoms with van der Waals surface area (Å²) in [5.41, 5.74) is 7.74. The highest BCUT2D eigenvalue weighted by atomic mass is 35.5. The Morgan fingerprint density at radius 3 is 2.63 bits per heavy atom. The second-order valence-corrected chi connectivity index (χ2v) is 5.23. The molecular weight excluding hydrogens is 265 g/mol. The van der Waals surface area contributed by atoms with Crippen LogP contribution in [0.4, 0.5) is 4.39 Å². The maximum Gasteiger partial charge on any atom is 0.125 e. The lowest BCUT2D eigenvalue weighted by Crippen LogP contribution is -2.28. The number of nitrogens with zero attached hydrogens (tertiary/aromatic N) is 2. The molecule has 0 saturated heterocycles. The zero-order valence-electron chi connectivity index (χ0n) is 11.0. The summed E-state index contributed by atoms with van der Waals surface area (Å²) in [5.74, 6) is 0.744. The van der Waals surface area contributed by atoms with E-state index in [1.54, 1.807) is 0 Å². The fraction of sp³-hybridized carbons (Fsp3) is 0.500. The Morgan fingerprint density at radius 2 is 1.95 bits per heavy atom. The molecule has 0 bridgehead atoms. The number of aryl methyl sites for hydroxylation is 1. The van der Waals surface area contributed by atoms with Crippen molar-refractivity contribution in [1.29, 1.82) is 0 Å². The maximum atomic E-state index is 13.2. The summed E-state index contributed by atoms with van der Waals surface area (Å²) in [4.78, 5) is 4.46. The molecule has 1 aromatic carbocycles. The molecule has 0 unspecified atom stereocenters. The lowest BCUT2D eigenvalue weighted by atomic mass is 9.91. The molecular formula is C14H19ClFN3. The number of imidazole rings is 1. The van der Waals surface area contributed by atoms with Gasteiger partial charge in [0.2, 0.25) is 0 Å². The SMILES string of the molecule is Cc1nc2cc(F)ccc2n1C1CCC(N)CC1.Cl. The van der Waals surface area contributed by atoms with Gasteiger partial charge in [0.05, 0.1) is 11.0 Å². The predicted octanol–water partition coefficient (Wildman–Crippen LogP) is 3.35. The van der Waals surface area contributed by atoms with Crippen molar-refractivity contribution in [3.8, 4) is 0 Å². The zero-order valence-corrected chi connectivity index (χ0v) is 11.8. The average molecular weight is 284 g/mol. The van der Waals surface area contributed by atoms with Crippen molar-refractivity contribution in [2.45, 2.75) is 44.7 Å². The van der Waals surface area contributed by atoms with Gasteiger partial charge >= 0.3 is 0 Å². The summed E-state index contributed by atoms with van der Waals surface area (Å²) < 4.78 is 15.5. The van der Waals surface area contributed by atoms with Crippen molar-refractivity contribution in [3.63, 3.8) is 0 Å². The smallest absolute Gasteiger partial charge is 0.125 e. The van der Waals surface area contributed by atoms with Gasteiger partial charge in [0.1, 0.15) is 11.6 Å². The molecule has 0 spiro atoms. The number of nitrogens with two attached hydrogens (primary N) is 1. The minimum atomic E-state index is -0.224. The molecule has 2 aromatic rings. The number of halogens is 2. The van der Waals surface area contributed by atoms with Crippen LogP contribution in [0, 0.1) is 12.7 Å². The number of hydrogen-bond donors (Lipinski definition) is 1. The number of hydrogen-bond acceptors (Lipinski definition) is 2. The van der Waals surface area contributed by atoms with E-state index in [1.807, 2.05) is 13.0 Å². The van der Waals surface area contributed by atoms with Crippen LogP contribution in [-0.4, -0.2) is 15.6 Å². The van der Waals surface area contributed by atoms with Crippen LogP contribution in [-0.2, 0) is 0 Å². The predicted molar refractivity (Wildman–Crippen MR) is 77.2 cm³/mol. The third-order valence-electron chi connectivity index (χ3n) is 3.93. The molecule has 5 heteroatoms. The maximum absolute atomic E-state index is 13.2. The van der Waals surface area contributed by atoms with Crippen LogP contribution < -0.4 is 5.73 Å². The van der Waals surface area contributed by atoms with E-state index in [4.69, 9.17) is 5.73 Å². The third-order valence-corrected chi connectivity index (χ3v) is 3.93. The molecule has 1 heterocycles. The van der Waals surface area contributed by atoms with E-state index in [2.05, 4.69) is 9.55 Å². The summed E-state index contributed by atoms with van der Waals surface area (Å²) in [5, 5.41) is 0. The van der Waals surface area contributed by atoms with Crippen molar-refractivity contribution in [1.82, 2.24) is 9.55 Å². The summed E-state index contributed by atoms with van der Waals surface area (Å²) in [6, 6.07) is 5.65. The van der Waals surface area contributed by atoms with E-state index in [0.29, 0.717) is 12.1 Å². The lowest BCUT2D eigenvalue weighted by molar-refractivity contribution is 0.325. The molecule has 3 rings (SSSR count). The molecule has 104 valence electrons. The van der Waals surface area contributed by atoms with Gasteiger partial charge in [0.25, 0.3) is 0 Å². The molecule has 0 aliphatic heterocycles. The highest BCUT2D eigenvalue weighted by Crippen LogP contribution is 2.32. The van der Waals surface area contributed by atoms with Gasteiger partial charge in [-0.15, -0.1) is 12.4 Å². The summed E-state index contributed by atoms with van der Waals surface area (Å²) in [6.45, 7) is 1.99. The number of benzene rings is 1. The van der Waals surface area contributed by atoms with Gasteiger partial charge < -0.3 is 10.3 Å². The van der Waals surface area contributed by atoms with Gasteiger partial charge in [-0.2, -0.15) is 0 Å². The molecule has 19 heavy (non-hydrogen) atoms. The van der Waals surface area contributed by atoms with Crippen LogP contribution in [0.15, 0.2) is 18.2 Å². The normalized spacial score (nSPS) is 23.3. The van der Waals surface area contributed by atoms with Crippen molar-refractivity contribution in [2.24, 2.45) is 5.73 Å². The topological polar surface area (TPSA) is 43.8 Å². The van der Waals surface area contributed by atoms with Crippen molar-refractivity contribution < 1.29 is 4.39 Å². The summed E-state index contributed by atoms with van der Waals surface area (Å²) in [6.07, 6.45) is 4.30. The largest absolute Gasteiger partial charge is 0.328 e. The molecule has 0 radical (unpaired) electrons. The Balaban J connectivity index is 0.00000133. The Bertz CT molecular complexity index is 573. The standard InChI is InChI=1S/C14H18FN3.ClH/c1-9-17-13-8-10(15)2-7-14(13)18(9)12-5-3-11(16)4-6-12;/h2,7-8,11-12H,3-6,16H2,1H3;1H. The Morgan fingerprint density at radius 1 is 1.26 bits per heavy atom. The van der Waals surface area contributed by atoms with E-state index in [0.717, 1.165) is 42.5 Å². The first kappa shape index (κ1) is 14.3. The fourth-order valence-corrected chi connectivity index (χ4v) is 3.01. The molecule has 2 N–H and O–H groups in total. The number of fused-ring (bicyclic) bond motifs is 1. The zero-order chi connectivity index (χ0) is 12.7. The highest BCUT2D eigenvalue weighted by Gasteiger charge is 2.22. The number of rotatable bonds is 1. The van der Waals surface area contributed by atoms with E-state index in [1.165, 1.54) is 12.1 Å². The minimum Gasteiger partial charge on any atom is -0.328 e. The van der Waals surface area contributed by atoms with Crippen LogP contribution in [0.2, 0.25) is 0 Å². The first-order chi connectivity index (χ1) is 8.65.